The smallest absolute Gasteiger partial charge is 0.193 e. The van der Waals surface area contributed by atoms with Crippen LogP contribution < -0.4 is 5.32 Å². The van der Waals surface area contributed by atoms with Gasteiger partial charge in [0.25, 0.3) is 0 Å². The highest BCUT2D eigenvalue weighted by molar-refractivity contribution is 5.80. The summed E-state index contributed by atoms with van der Waals surface area (Å²) >= 11 is 0. The molecule has 2 saturated carbocycles. The molecule has 0 radical (unpaired) electrons. The Morgan fingerprint density at radius 1 is 1.10 bits per heavy atom. The van der Waals surface area contributed by atoms with Gasteiger partial charge < -0.3 is 15.3 Å². The molecule has 3 aliphatic rings. The van der Waals surface area contributed by atoms with Crippen LogP contribution in [0.2, 0.25) is 0 Å². The zero-order valence-corrected chi connectivity index (χ0v) is 13.4. The van der Waals surface area contributed by atoms with Crippen molar-refractivity contribution in [3.8, 4) is 0 Å². The van der Waals surface area contributed by atoms with E-state index in [0.717, 1.165) is 50.1 Å². The molecule has 3 rings (SSSR count). The van der Waals surface area contributed by atoms with Crippen molar-refractivity contribution >= 4 is 5.96 Å². The number of aliphatic hydroxyl groups is 1. The molecule has 0 aromatic carbocycles. The van der Waals surface area contributed by atoms with Gasteiger partial charge in [-0.1, -0.05) is 19.3 Å². The second-order valence-electron chi connectivity index (χ2n) is 7.16. The predicted octanol–water partition coefficient (Wildman–Crippen LogP) is 2.23. The van der Waals surface area contributed by atoms with Crippen molar-refractivity contribution in [3.63, 3.8) is 0 Å². The fourth-order valence-corrected chi connectivity index (χ4v) is 4.44. The summed E-state index contributed by atoms with van der Waals surface area (Å²) in [5.41, 5.74) is 0. The number of hydrogen-bond donors (Lipinski definition) is 2. The van der Waals surface area contributed by atoms with Gasteiger partial charge in [0.15, 0.2) is 5.96 Å². The van der Waals surface area contributed by atoms with Crippen LogP contribution in [0.1, 0.15) is 51.9 Å². The summed E-state index contributed by atoms with van der Waals surface area (Å²) in [5.74, 6) is 3.24. The first-order valence-electron chi connectivity index (χ1n) is 8.99. The Balaban J connectivity index is 1.61. The molecule has 1 saturated heterocycles. The lowest BCUT2D eigenvalue weighted by Gasteiger charge is -2.22. The number of nitrogens with one attached hydrogen (secondary N) is 1. The van der Waals surface area contributed by atoms with Crippen molar-refractivity contribution in [1.29, 1.82) is 0 Å². The lowest BCUT2D eigenvalue weighted by Crippen LogP contribution is -2.40. The van der Waals surface area contributed by atoms with Gasteiger partial charge in [-0.3, -0.25) is 4.99 Å². The first kappa shape index (κ1) is 15.1. The number of aliphatic hydroxyl groups excluding tert-OH is 1. The maximum Gasteiger partial charge on any atom is 0.193 e. The highest BCUT2D eigenvalue weighted by atomic mass is 16.3. The molecule has 21 heavy (non-hydrogen) atoms. The van der Waals surface area contributed by atoms with Crippen molar-refractivity contribution in [2.24, 2.45) is 22.7 Å². The minimum absolute atomic E-state index is 0.127. The predicted molar refractivity (Wildman–Crippen MR) is 86.3 cm³/mol. The van der Waals surface area contributed by atoms with Crippen molar-refractivity contribution in [3.05, 3.63) is 0 Å². The maximum absolute atomic E-state index is 9.96. The molecular weight excluding hydrogens is 262 g/mol. The van der Waals surface area contributed by atoms with E-state index in [1.165, 1.54) is 38.8 Å². The summed E-state index contributed by atoms with van der Waals surface area (Å²) < 4.78 is 0. The zero-order valence-electron chi connectivity index (χ0n) is 13.4. The van der Waals surface area contributed by atoms with Crippen molar-refractivity contribution < 1.29 is 5.11 Å². The van der Waals surface area contributed by atoms with Gasteiger partial charge in [0.2, 0.25) is 0 Å². The van der Waals surface area contributed by atoms with Crippen LogP contribution in [-0.4, -0.2) is 48.2 Å². The lowest BCUT2D eigenvalue weighted by molar-refractivity contribution is 0.136. The molecule has 3 fully saturated rings. The summed E-state index contributed by atoms with van der Waals surface area (Å²) in [6.07, 6.45) is 8.77. The van der Waals surface area contributed by atoms with Gasteiger partial charge in [-0.15, -0.1) is 0 Å². The average molecular weight is 293 g/mol. The third kappa shape index (κ3) is 3.53. The third-order valence-corrected chi connectivity index (χ3v) is 5.71. The van der Waals surface area contributed by atoms with Gasteiger partial charge in [0.05, 0.1) is 6.10 Å². The Morgan fingerprint density at radius 2 is 1.81 bits per heavy atom. The van der Waals surface area contributed by atoms with Crippen LogP contribution in [0.3, 0.4) is 0 Å². The van der Waals surface area contributed by atoms with E-state index in [0.29, 0.717) is 5.92 Å². The summed E-state index contributed by atoms with van der Waals surface area (Å²) in [4.78, 5) is 7.33. The van der Waals surface area contributed by atoms with E-state index in [1.807, 2.05) is 0 Å². The SMILES string of the molecule is CCNC(=NCC1CCCC1O)N1CC2CCCCC2C1. The Hall–Kier alpha value is -0.770. The second-order valence-corrected chi connectivity index (χ2v) is 7.16. The molecule has 1 aliphatic heterocycles. The molecule has 120 valence electrons. The number of hydrogen-bond acceptors (Lipinski definition) is 2. The van der Waals surface area contributed by atoms with Crippen LogP contribution in [0.25, 0.3) is 0 Å². The standard InChI is InChI=1S/C17H31N3O/c1-2-18-17(19-10-13-8-5-9-16(13)21)20-11-14-6-3-4-7-15(14)12-20/h13-16,21H,2-12H2,1H3,(H,18,19). The number of nitrogens with zero attached hydrogens (tertiary/aromatic N) is 2. The van der Waals surface area contributed by atoms with Gasteiger partial charge in [0, 0.05) is 32.1 Å². The van der Waals surface area contributed by atoms with E-state index in [2.05, 4.69) is 17.1 Å². The summed E-state index contributed by atoms with van der Waals surface area (Å²) in [5, 5.41) is 13.4. The van der Waals surface area contributed by atoms with Gasteiger partial charge in [-0.05, 0) is 44.4 Å². The average Bonchev–Trinajstić information content (AvgIpc) is 3.09. The molecule has 2 N–H and O–H groups in total. The van der Waals surface area contributed by atoms with Crippen LogP contribution in [0, 0.1) is 17.8 Å². The molecule has 0 aromatic rings. The minimum atomic E-state index is -0.127. The second kappa shape index (κ2) is 6.99. The molecule has 0 spiro atoms. The Kier molecular flexibility index (Phi) is 5.04. The normalized spacial score (nSPS) is 36.9. The van der Waals surface area contributed by atoms with Crippen molar-refractivity contribution in [2.45, 2.75) is 58.0 Å². The molecule has 2 aliphatic carbocycles. The molecule has 4 unspecified atom stereocenters. The fraction of sp³-hybridized carbons (Fsp3) is 0.941. The lowest BCUT2D eigenvalue weighted by atomic mass is 9.82. The molecule has 4 atom stereocenters. The monoisotopic (exact) mass is 293 g/mol. The highest BCUT2D eigenvalue weighted by Gasteiger charge is 2.35. The molecule has 1 heterocycles. The number of fused-ring (bicyclic) bond motifs is 1. The minimum Gasteiger partial charge on any atom is -0.393 e. The quantitative estimate of drug-likeness (QED) is 0.620. The van der Waals surface area contributed by atoms with E-state index in [9.17, 15) is 5.11 Å². The topological polar surface area (TPSA) is 47.9 Å². The largest absolute Gasteiger partial charge is 0.393 e. The Bertz CT molecular complexity index is 357. The summed E-state index contributed by atoms with van der Waals surface area (Å²) in [6.45, 7) is 6.23. The van der Waals surface area contributed by atoms with Crippen LogP contribution in [0.4, 0.5) is 0 Å². The van der Waals surface area contributed by atoms with E-state index in [4.69, 9.17) is 4.99 Å². The van der Waals surface area contributed by atoms with E-state index < -0.39 is 0 Å². The van der Waals surface area contributed by atoms with Crippen LogP contribution in [-0.2, 0) is 0 Å². The molecule has 0 amide bonds. The van der Waals surface area contributed by atoms with Crippen LogP contribution in [0.5, 0.6) is 0 Å². The molecular formula is C17H31N3O. The number of aliphatic imine (C=N–C) groups is 1. The molecule has 4 nitrogen and oxygen atoms in total. The van der Waals surface area contributed by atoms with Crippen molar-refractivity contribution in [1.82, 2.24) is 10.2 Å². The van der Waals surface area contributed by atoms with Gasteiger partial charge in [0.1, 0.15) is 0 Å². The number of rotatable bonds is 3. The third-order valence-electron chi connectivity index (χ3n) is 5.71. The van der Waals surface area contributed by atoms with Crippen LogP contribution in [0.15, 0.2) is 4.99 Å². The summed E-state index contributed by atoms with van der Waals surface area (Å²) in [7, 11) is 0. The molecule has 0 aromatic heterocycles. The summed E-state index contributed by atoms with van der Waals surface area (Å²) in [6, 6.07) is 0. The Morgan fingerprint density at radius 3 is 2.38 bits per heavy atom. The molecule has 0 bridgehead atoms. The Labute approximate surface area is 129 Å². The van der Waals surface area contributed by atoms with Gasteiger partial charge in [-0.2, -0.15) is 0 Å². The highest BCUT2D eigenvalue weighted by Crippen LogP contribution is 2.36. The number of guanidine groups is 1. The first-order chi connectivity index (χ1) is 10.3. The van der Waals surface area contributed by atoms with Crippen molar-refractivity contribution in [2.75, 3.05) is 26.2 Å². The van der Waals surface area contributed by atoms with E-state index >= 15 is 0 Å². The van der Waals surface area contributed by atoms with Gasteiger partial charge in [-0.25, -0.2) is 0 Å². The van der Waals surface area contributed by atoms with E-state index in [-0.39, 0.29) is 6.10 Å². The van der Waals surface area contributed by atoms with E-state index in [1.54, 1.807) is 0 Å². The number of likely N-dealkylation sites (tertiary alicyclic amines) is 1. The molecule has 4 heteroatoms. The zero-order chi connectivity index (χ0) is 14.7. The fourth-order valence-electron chi connectivity index (χ4n) is 4.44. The van der Waals surface area contributed by atoms with Gasteiger partial charge >= 0.3 is 0 Å². The first-order valence-corrected chi connectivity index (χ1v) is 8.99. The maximum atomic E-state index is 9.96. The van der Waals surface area contributed by atoms with Crippen LogP contribution >= 0.6 is 0 Å².